The number of likely N-dealkylation sites (tertiary alicyclic amines) is 1. The summed E-state index contributed by atoms with van der Waals surface area (Å²) in [5.41, 5.74) is 3.64. The molecule has 5 heteroatoms. The number of fused-ring (bicyclic) bond motifs is 2. The molecule has 1 amide bonds. The van der Waals surface area contributed by atoms with Crippen LogP contribution < -0.4 is 0 Å². The number of nitrogens with zero attached hydrogens (tertiary/aromatic N) is 4. The van der Waals surface area contributed by atoms with Crippen molar-refractivity contribution >= 4 is 5.91 Å². The van der Waals surface area contributed by atoms with Crippen molar-refractivity contribution in [3.8, 4) is 11.4 Å². The van der Waals surface area contributed by atoms with Gasteiger partial charge >= 0.3 is 0 Å². The van der Waals surface area contributed by atoms with Crippen LogP contribution in [0, 0.1) is 0 Å². The average Bonchev–Trinajstić information content (AvgIpc) is 3.05. The van der Waals surface area contributed by atoms with Crippen LogP contribution in [-0.2, 0) is 16.6 Å². The fourth-order valence-electron chi connectivity index (χ4n) is 4.52. The van der Waals surface area contributed by atoms with E-state index in [1.54, 1.807) is 4.90 Å². The van der Waals surface area contributed by atoms with Gasteiger partial charge in [0.2, 0.25) is 5.91 Å². The number of likely N-dealkylation sites (N-methyl/N-ethyl adjacent to an activating group) is 1. The van der Waals surface area contributed by atoms with Gasteiger partial charge in [-0.25, -0.2) is 9.97 Å². The molecule has 0 saturated carbocycles. The maximum absolute atomic E-state index is 12.4. The molecule has 2 heterocycles. The zero-order chi connectivity index (χ0) is 18.9. The molecule has 1 aliphatic heterocycles. The summed E-state index contributed by atoms with van der Waals surface area (Å²) in [6.45, 7) is 5.21. The molecule has 1 saturated heterocycles. The lowest BCUT2D eigenvalue weighted by Gasteiger charge is -2.40. The Balaban J connectivity index is 1.59. The number of rotatable bonds is 4. The number of aromatic nitrogens is 2. The van der Waals surface area contributed by atoms with Gasteiger partial charge in [-0.3, -0.25) is 9.69 Å². The number of hydrogen-bond acceptors (Lipinski definition) is 4. The summed E-state index contributed by atoms with van der Waals surface area (Å²) in [4.78, 5) is 26.2. The van der Waals surface area contributed by atoms with Crippen molar-refractivity contribution < 1.29 is 4.79 Å². The Bertz CT molecular complexity index is 818. The zero-order valence-electron chi connectivity index (χ0n) is 16.3. The number of amides is 1. The van der Waals surface area contributed by atoms with E-state index < -0.39 is 0 Å². The number of carbonyl (C=O) groups is 1. The van der Waals surface area contributed by atoms with E-state index in [0.717, 1.165) is 56.7 Å². The fraction of sp³-hybridized carbons (Fsp3) is 0.500. The minimum atomic E-state index is 0.0745. The first kappa shape index (κ1) is 18.1. The molecule has 2 aliphatic rings. The Morgan fingerprint density at radius 2 is 2.07 bits per heavy atom. The van der Waals surface area contributed by atoms with Crippen LogP contribution in [0.5, 0.6) is 0 Å². The monoisotopic (exact) mass is 364 g/mol. The summed E-state index contributed by atoms with van der Waals surface area (Å²) >= 11 is 0. The maximum atomic E-state index is 12.4. The van der Waals surface area contributed by atoms with Gasteiger partial charge in [-0.1, -0.05) is 30.3 Å². The second kappa shape index (κ2) is 7.39. The van der Waals surface area contributed by atoms with Crippen LogP contribution in [0.2, 0.25) is 0 Å². The van der Waals surface area contributed by atoms with E-state index in [2.05, 4.69) is 22.0 Å². The molecule has 5 nitrogen and oxygen atoms in total. The number of benzene rings is 1. The SMILES string of the molecule is CCN(C)C(=O)CN1CCCC2(CCc3cnc(-c4ccccc4)nc32)C1. The van der Waals surface area contributed by atoms with Crippen LogP contribution in [0.25, 0.3) is 11.4 Å². The Kier molecular flexibility index (Phi) is 4.96. The van der Waals surface area contributed by atoms with Crippen molar-refractivity contribution in [2.45, 2.75) is 38.0 Å². The highest BCUT2D eigenvalue weighted by atomic mass is 16.2. The highest BCUT2D eigenvalue weighted by Crippen LogP contribution is 2.44. The third-order valence-corrected chi connectivity index (χ3v) is 6.19. The summed E-state index contributed by atoms with van der Waals surface area (Å²) in [6.07, 6.45) is 6.45. The van der Waals surface area contributed by atoms with E-state index in [4.69, 9.17) is 4.98 Å². The lowest BCUT2D eigenvalue weighted by Crippen LogP contribution is -2.49. The summed E-state index contributed by atoms with van der Waals surface area (Å²) in [5, 5.41) is 0. The predicted octanol–water partition coefficient (Wildman–Crippen LogP) is 2.90. The summed E-state index contributed by atoms with van der Waals surface area (Å²) in [6, 6.07) is 10.2. The molecule has 0 N–H and O–H groups in total. The van der Waals surface area contributed by atoms with Crippen LogP contribution in [0.4, 0.5) is 0 Å². The molecule has 142 valence electrons. The molecule has 0 bridgehead atoms. The Hall–Kier alpha value is -2.27. The smallest absolute Gasteiger partial charge is 0.236 e. The average molecular weight is 364 g/mol. The predicted molar refractivity (Wildman–Crippen MR) is 106 cm³/mol. The van der Waals surface area contributed by atoms with Gasteiger partial charge in [-0.2, -0.15) is 0 Å². The highest BCUT2D eigenvalue weighted by molar-refractivity contribution is 5.78. The van der Waals surface area contributed by atoms with E-state index in [0.29, 0.717) is 6.54 Å². The Morgan fingerprint density at radius 1 is 1.26 bits per heavy atom. The molecule has 0 radical (unpaired) electrons. The van der Waals surface area contributed by atoms with E-state index in [1.807, 2.05) is 38.4 Å². The van der Waals surface area contributed by atoms with Gasteiger partial charge in [0.15, 0.2) is 5.82 Å². The van der Waals surface area contributed by atoms with Gasteiger partial charge in [0.05, 0.1) is 12.2 Å². The molecule has 1 aromatic carbocycles. The molecule has 2 aromatic rings. The van der Waals surface area contributed by atoms with E-state index in [1.165, 1.54) is 11.3 Å². The quantitative estimate of drug-likeness (QED) is 0.837. The number of carbonyl (C=O) groups excluding carboxylic acids is 1. The first-order chi connectivity index (χ1) is 13.1. The van der Waals surface area contributed by atoms with Crippen LogP contribution in [0.1, 0.15) is 37.4 Å². The molecule has 1 aromatic heterocycles. The molecule has 1 spiro atoms. The Labute approximate surface area is 161 Å². The van der Waals surface area contributed by atoms with Gasteiger partial charge in [0.25, 0.3) is 0 Å². The molecule has 4 rings (SSSR count). The highest BCUT2D eigenvalue weighted by Gasteiger charge is 2.44. The molecule has 27 heavy (non-hydrogen) atoms. The van der Waals surface area contributed by atoms with Gasteiger partial charge in [0.1, 0.15) is 0 Å². The van der Waals surface area contributed by atoms with Crippen molar-refractivity contribution in [2.24, 2.45) is 0 Å². The van der Waals surface area contributed by atoms with Crippen molar-refractivity contribution in [2.75, 3.05) is 33.2 Å². The van der Waals surface area contributed by atoms with Crippen molar-refractivity contribution in [3.63, 3.8) is 0 Å². The van der Waals surface area contributed by atoms with Crippen LogP contribution in [0.3, 0.4) is 0 Å². The third-order valence-electron chi connectivity index (χ3n) is 6.19. The van der Waals surface area contributed by atoms with Gasteiger partial charge in [0, 0.05) is 37.3 Å². The van der Waals surface area contributed by atoms with Crippen LogP contribution in [-0.4, -0.2) is 58.9 Å². The van der Waals surface area contributed by atoms with Gasteiger partial charge in [-0.15, -0.1) is 0 Å². The van der Waals surface area contributed by atoms with E-state index >= 15 is 0 Å². The van der Waals surface area contributed by atoms with Crippen LogP contribution in [0.15, 0.2) is 36.5 Å². The van der Waals surface area contributed by atoms with Crippen molar-refractivity contribution in [1.29, 1.82) is 0 Å². The lowest BCUT2D eigenvalue weighted by atomic mass is 9.77. The standard InChI is InChI=1S/C22H28N4O/c1-3-25(2)19(27)15-26-13-7-11-22(16-26)12-10-18-14-23-21(24-20(18)22)17-8-5-4-6-9-17/h4-6,8-9,14H,3,7,10-13,15-16H2,1-2H3. The molecule has 1 aliphatic carbocycles. The normalized spacial score (nSPS) is 22.0. The zero-order valence-corrected chi connectivity index (χ0v) is 16.3. The number of piperidine rings is 1. The lowest BCUT2D eigenvalue weighted by molar-refractivity contribution is -0.131. The van der Waals surface area contributed by atoms with Crippen LogP contribution >= 0.6 is 0 Å². The summed E-state index contributed by atoms with van der Waals surface area (Å²) in [5.74, 6) is 1.02. The van der Waals surface area contributed by atoms with Gasteiger partial charge < -0.3 is 4.90 Å². The summed E-state index contributed by atoms with van der Waals surface area (Å²) < 4.78 is 0. The maximum Gasteiger partial charge on any atom is 0.236 e. The van der Waals surface area contributed by atoms with Crippen molar-refractivity contribution in [3.05, 3.63) is 47.8 Å². The molecular formula is C22H28N4O. The molecule has 1 fully saturated rings. The molecule has 1 unspecified atom stereocenters. The molecular weight excluding hydrogens is 336 g/mol. The minimum Gasteiger partial charge on any atom is -0.345 e. The molecule has 1 atom stereocenters. The van der Waals surface area contributed by atoms with E-state index in [9.17, 15) is 4.79 Å². The van der Waals surface area contributed by atoms with Gasteiger partial charge in [-0.05, 0) is 44.7 Å². The Morgan fingerprint density at radius 3 is 2.85 bits per heavy atom. The second-order valence-corrected chi connectivity index (χ2v) is 7.94. The second-order valence-electron chi connectivity index (χ2n) is 7.94. The van der Waals surface area contributed by atoms with E-state index in [-0.39, 0.29) is 11.3 Å². The fourth-order valence-corrected chi connectivity index (χ4v) is 4.52. The largest absolute Gasteiger partial charge is 0.345 e. The number of hydrogen-bond donors (Lipinski definition) is 0. The third kappa shape index (κ3) is 3.48. The first-order valence-corrected chi connectivity index (χ1v) is 9.99. The van der Waals surface area contributed by atoms with Crippen molar-refractivity contribution in [1.82, 2.24) is 19.8 Å². The number of aryl methyl sites for hydroxylation is 1. The topological polar surface area (TPSA) is 49.3 Å². The minimum absolute atomic E-state index is 0.0745. The summed E-state index contributed by atoms with van der Waals surface area (Å²) in [7, 11) is 1.88. The first-order valence-electron chi connectivity index (χ1n) is 9.99.